The molecule has 1 atom stereocenters. The molecule has 0 aromatic carbocycles. The Morgan fingerprint density at radius 1 is 1.41 bits per heavy atom. The maximum absolute atomic E-state index is 4.18. The van der Waals surface area contributed by atoms with Gasteiger partial charge in [0.05, 0.1) is 6.20 Å². The van der Waals surface area contributed by atoms with Crippen molar-refractivity contribution in [1.29, 1.82) is 0 Å². The van der Waals surface area contributed by atoms with Crippen molar-refractivity contribution in [3.63, 3.8) is 0 Å². The number of hydrogen-bond acceptors (Lipinski definition) is 5. The van der Waals surface area contributed by atoms with Crippen LogP contribution in [-0.4, -0.2) is 46.3 Å². The minimum Gasteiger partial charge on any atom is -0.364 e. The van der Waals surface area contributed by atoms with Crippen molar-refractivity contribution >= 4 is 16.6 Å². The van der Waals surface area contributed by atoms with Gasteiger partial charge in [0.25, 0.3) is 0 Å². The molecule has 88 valence electrons. The lowest BCUT2D eigenvalue weighted by molar-refractivity contribution is 0.414. The molecule has 2 aromatic heterocycles. The summed E-state index contributed by atoms with van der Waals surface area (Å²) in [5, 5.41) is 13.8. The summed E-state index contributed by atoms with van der Waals surface area (Å²) >= 11 is 0. The summed E-state index contributed by atoms with van der Waals surface area (Å²) in [6.07, 6.45) is 6.53. The van der Waals surface area contributed by atoms with Crippen molar-refractivity contribution in [3.05, 3.63) is 24.7 Å². The average Bonchev–Trinajstić information content (AvgIpc) is 2.75. The quantitative estimate of drug-likeness (QED) is 0.837. The number of hydrogen-bond donors (Lipinski definition) is 1. The van der Waals surface area contributed by atoms with Crippen LogP contribution in [0.15, 0.2) is 24.7 Å². The van der Waals surface area contributed by atoms with E-state index in [4.69, 9.17) is 0 Å². The lowest BCUT2D eigenvalue weighted by atomic mass is 10.2. The van der Waals surface area contributed by atoms with E-state index in [1.807, 2.05) is 12.3 Å². The van der Waals surface area contributed by atoms with Gasteiger partial charge in [-0.3, -0.25) is 4.98 Å². The molecule has 5 heteroatoms. The van der Waals surface area contributed by atoms with E-state index in [1.165, 1.54) is 0 Å². The zero-order chi connectivity index (χ0) is 11.7. The van der Waals surface area contributed by atoms with E-state index >= 15 is 0 Å². The molecular formula is C12H15N5. The molecule has 0 aliphatic carbocycles. The summed E-state index contributed by atoms with van der Waals surface area (Å²) in [5.41, 5.74) is 0. The monoisotopic (exact) mass is 229 g/mol. The normalized spacial score (nSPS) is 20.9. The summed E-state index contributed by atoms with van der Waals surface area (Å²) in [6.45, 7) is 2.19. The molecule has 1 N–H and O–H groups in total. The van der Waals surface area contributed by atoms with Gasteiger partial charge in [0.15, 0.2) is 5.82 Å². The molecule has 5 nitrogen and oxygen atoms in total. The number of likely N-dealkylation sites (tertiary alicyclic amines) is 1. The van der Waals surface area contributed by atoms with E-state index in [0.717, 1.165) is 36.1 Å². The number of likely N-dealkylation sites (N-methyl/N-ethyl adjacent to an activating group) is 1. The SMILES string of the molecule is CN1CCC(Nc2nncc3ccncc23)C1. The lowest BCUT2D eigenvalue weighted by Crippen LogP contribution is -2.24. The molecule has 0 radical (unpaired) electrons. The molecule has 0 spiro atoms. The van der Waals surface area contributed by atoms with Crippen LogP contribution in [0.3, 0.4) is 0 Å². The standard InChI is InChI=1S/C12H15N5/c1-17-5-3-10(8-17)15-12-11-7-13-4-2-9(11)6-14-16-12/h2,4,6-7,10H,3,5,8H2,1H3,(H,15,16). The van der Waals surface area contributed by atoms with Gasteiger partial charge >= 0.3 is 0 Å². The maximum atomic E-state index is 4.18. The lowest BCUT2D eigenvalue weighted by Gasteiger charge is -2.14. The molecule has 0 saturated carbocycles. The van der Waals surface area contributed by atoms with Crippen molar-refractivity contribution in [2.75, 3.05) is 25.5 Å². The molecule has 1 aliphatic heterocycles. The first kappa shape index (κ1) is 10.4. The highest BCUT2D eigenvalue weighted by atomic mass is 15.2. The largest absolute Gasteiger partial charge is 0.364 e. The minimum atomic E-state index is 0.458. The van der Waals surface area contributed by atoms with Crippen molar-refractivity contribution in [2.45, 2.75) is 12.5 Å². The zero-order valence-electron chi connectivity index (χ0n) is 9.80. The summed E-state index contributed by atoms with van der Waals surface area (Å²) < 4.78 is 0. The Morgan fingerprint density at radius 2 is 2.35 bits per heavy atom. The summed E-state index contributed by atoms with van der Waals surface area (Å²) in [7, 11) is 2.14. The van der Waals surface area contributed by atoms with Gasteiger partial charge in [-0.25, -0.2) is 0 Å². The van der Waals surface area contributed by atoms with Gasteiger partial charge in [-0.15, -0.1) is 5.10 Å². The summed E-state index contributed by atoms with van der Waals surface area (Å²) in [6, 6.07) is 2.41. The van der Waals surface area contributed by atoms with Crippen LogP contribution in [0, 0.1) is 0 Å². The van der Waals surface area contributed by atoms with Gasteiger partial charge in [-0.1, -0.05) is 0 Å². The molecule has 0 amide bonds. The van der Waals surface area contributed by atoms with Crippen LogP contribution in [0.25, 0.3) is 10.8 Å². The molecule has 0 bridgehead atoms. The summed E-state index contributed by atoms with van der Waals surface area (Å²) in [5.74, 6) is 0.843. The molecule has 17 heavy (non-hydrogen) atoms. The van der Waals surface area contributed by atoms with Gasteiger partial charge in [0, 0.05) is 35.8 Å². The van der Waals surface area contributed by atoms with Crippen molar-refractivity contribution in [2.24, 2.45) is 0 Å². The van der Waals surface area contributed by atoms with Crippen molar-refractivity contribution in [3.8, 4) is 0 Å². The third kappa shape index (κ3) is 2.06. The predicted molar refractivity (Wildman–Crippen MR) is 66.9 cm³/mol. The fourth-order valence-corrected chi connectivity index (χ4v) is 2.27. The highest BCUT2D eigenvalue weighted by molar-refractivity contribution is 5.90. The van der Waals surface area contributed by atoms with E-state index in [1.54, 1.807) is 12.4 Å². The van der Waals surface area contributed by atoms with E-state index in [9.17, 15) is 0 Å². The Bertz CT molecular complexity index is 522. The second-order valence-electron chi connectivity index (χ2n) is 4.55. The van der Waals surface area contributed by atoms with Crippen molar-refractivity contribution in [1.82, 2.24) is 20.1 Å². The summed E-state index contributed by atoms with van der Waals surface area (Å²) in [4.78, 5) is 6.46. The van der Waals surface area contributed by atoms with Gasteiger partial charge in [0.2, 0.25) is 0 Å². The Kier molecular flexibility index (Phi) is 2.60. The Morgan fingerprint density at radius 3 is 3.18 bits per heavy atom. The molecule has 1 saturated heterocycles. The molecule has 3 heterocycles. The van der Waals surface area contributed by atoms with Crippen molar-refractivity contribution < 1.29 is 0 Å². The predicted octanol–water partition coefficient (Wildman–Crippen LogP) is 1.14. The van der Waals surface area contributed by atoms with Crippen LogP contribution in [0.2, 0.25) is 0 Å². The zero-order valence-corrected chi connectivity index (χ0v) is 9.80. The topological polar surface area (TPSA) is 53.9 Å². The fraction of sp³-hybridized carbons (Fsp3) is 0.417. The van der Waals surface area contributed by atoms with Crippen LogP contribution >= 0.6 is 0 Å². The van der Waals surface area contributed by atoms with Gasteiger partial charge in [0.1, 0.15) is 0 Å². The Hall–Kier alpha value is -1.75. The van der Waals surface area contributed by atoms with Crippen LogP contribution < -0.4 is 5.32 Å². The highest BCUT2D eigenvalue weighted by Gasteiger charge is 2.20. The van der Waals surface area contributed by atoms with Crippen LogP contribution in [0.1, 0.15) is 6.42 Å². The van der Waals surface area contributed by atoms with E-state index in [2.05, 4.69) is 32.4 Å². The minimum absolute atomic E-state index is 0.458. The number of nitrogens with zero attached hydrogens (tertiary/aromatic N) is 4. The number of rotatable bonds is 2. The molecule has 1 fully saturated rings. The fourth-order valence-electron chi connectivity index (χ4n) is 2.27. The Labute approximate surface area is 99.9 Å². The second-order valence-corrected chi connectivity index (χ2v) is 4.55. The first-order valence-corrected chi connectivity index (χ1v) is 5.83. The Balaban J connectivity index is 1.90. The van der Waals surface area contributed by atoms with Crippen LogP contribution in [0.4, 0.5) is 5.82 Å². The van der Waals surface area contributed by atoms with Gasteiger partial charge < -0.3 is 10.2 Å². The third-order valence-corrected chi connectivity index (χ3v) is 3.20. The smallest absolute Gasteiger partial charge is 0.158 e. The van der Waals surface area contributed by atoms with Gasteiger partial charge in [-0.05, 0) is 26.1 Å². The molecule has 2 aromatic rings. The second kappa shape index (κ2) is 4.25. The average molecular weight is 229 g/mol. The molecule has 1 aliphatic rings. The van der Waals surface area contributed by atoms with Crippen LogP contribution in [-0.2, 0) is 0 Å². The number of pyridine rings is 1. The number of nitrogens with one attached hydrogen (secondary N) is 1. The van der Waals surface area contributed by atoms with E-state index in [-0.39, 0.29) is 0 Å². The number of anilines is 1. The molecule has 1 unspecified atom stereocenters. The van der Waals surface area contributed by atoms with E-state index < -0.39 is 0 Å². The van der Waals surface area contributed by atoms with Gasteiger partial charge in [-0.2, -0.15) is 5.10 Å². The molecular weight excluding hydrogens is 214 g/mol. The third-order valence-electron chi connectivity index (χ3n) is 3.20. The van der Waals surface area contributed by atoms with E-state index in [0.29, 0.717) is 6.04 Å². The first-order chi connectivity index (χ1) is 8.33. The maximum Gasteiger partial charge on any atom is 0.158 e. The molecule has 3 rings (SSSR count). The first-order valence-electron chi connectivity index (χ1n) is 5.83. The number of fused-ring (bicyclic) bond motifs is 1. The van der Waals surface area contributed by atoms with Crippen LogP contribution in [0.5, 0.6) is 0 Å². The highest BCUT2D eigenvalue weighted by Crippen LogP contribution is 2.20. The number of aromatic nitrogens is 3.